The number of nitrogens with two attached hydrogens (primary N) is 1. The summed E-state index contributed by atoms with van der Waals surface area (Å²) in [4.78, 5) is 21.9. The van der Waals surface area contributed by atoms with Gasteiger partial charge in [0.05, 0.1) is 17.0 Å². The molecule has 100 valence electrons. The molecule has 0 fully saturated rings. The number of nitro benzene ring substituents is 1. The van der Waals surface area contributed by atoms with Crippen molar-refractivity contribution in [2.24, 2.45) is 5.73 Å². The van der Waals surface area contributed by atoms with Crippen LogP contribution < -0.4 is 11.1 Å². The predicted molar refractivity (Wildman–Crippen MR) is 71.1 cm³/mol. The smallest absolute Gasteiger partial charge is 0.269 e. The van der Waals surface area contributed by atoms with Crippen LogP contribution in [-0.2, 0) is 4.79 Å². The second-order valence-corrected chi connectivity index (χ2v) is 4.10. The highest BCUT2D eigenvalue weighted by atomic mass is 16.6. The van der Waals surface area contributed by atoms with Crippen LogP contribution in [0.5, 0.6) is 0 Å². The highest BCUT2D eigenvalue weighted by molar-refractivity contribution is 5.82. The molecule has 3 N–H and O–H groups in total. The van der Waals surface area contributed by atoms with Crippen molar-refractivity contribution in [3.05, 3.63) is 39.9 Å². The Kier molecular flexibility index (Phi) is 5.03. The van der Waals surface area contributed by atoms with Crippen molar-refractivity contribution in [1.82, 2.24) is 5.32 Å². The second kappa shape index (κ2) is 6.52. The van der Waals surface area contributed by atoms with Gasteiger partial charge >= 0.3 is 0 Å². The molecule has 0 aromatic heterocycles. The first kappa shape index (κ1) is 14.7. The molecule has 6 nitrogen and oxygen atoms in total. The van der Waals surface area contributed by atoms with Gasteiger partial charge in [-0.25, -0.2) is 0 Å². The van der Waals surface area contributed by atoms with Gasteiger partial charge in [-0.2, -0.15) is 0 Å². The van der Waals surface area contributed by atoms with E-state index in [1.54, 1.807) is 19.1 Å². The van der Waals surface area contributed by atoms with Crippen molar-refractivity contribution in [2.75, 3.05) is 0 Å². The average molecular weight is 261 g/mol. The number of benzene rings is 1. The Labute approximate surface area is 111 Å². The van der Waals surface area contributed by atoms with E-state index >= 15 is 0 Å². The number of non-ortho nitro benzene ring substituents is 1. The molecule has 1 amide bonds. The van der Waals surface area contributed by atoms with E-state index in [0.717, 1.165) is 0 Å². The Bertz CT molecular complexity index is 522. The Balaban J connectivity index is 2.76. The van der Waals surface area contributed by atoms with Crippen LogP contribution >= 0.6 is 0 Å². The van der Waals surface area contributed by atoms with Crippen LogP contribution in [0.2, 0.25) is 0 Å². The lowest BCUT2D eigenvalue weighted by Gasteiger charge is -2.16. The van der Waals surface area contributed by atoms with Gasteiger partial charge in [0.25, 0.3) is 5.69 Å². The van der Waals surface area contributed by atoms with Gasteiger partial charge in [0.2, 0.25) is 5.91 Å². The molecule has 0 saturated heterocycles. The summed E-state index contributed by atoms with van der Waals surface area (Å²) in [6.45, 7) is 1.72. The molecule has 0 radical (unpaired) electrons. The summed E-state index contributed by atoms with van der Waals surface area (Å²) >= 11 is 0. The van der Waals surface area contributed by atoms with Crippen molar-refractivity contribution in [1.29, 1.82) is 0 Å². The van der Waals surface area contributed by atoms with Crippen LogP contribution in [-0.4, -0.2) is 16.9 Å². The van der Waals surface area contributed by atoms with E-state index in [-0.39, 0.29) is 24.1 Å². The van der Waals surface area contributed by atoms with Gasteiger partial charge in [-0.15, -0.1) is 12.3 Å². The first-order chi connectivity index (χ1) is 8.95. The molecule has 0 aliphatic heterocycles. The largest absolute Gasteiger partial charge is 0.348 e. The number of terminal acetylenes is 1. The number of hydrogen-bond acceptors (Lipinski definition) is 4. The van der Waals surface area contributed by atoms with Gasteiger partial charge in [-0.05, 0) is 12.5 Å². The summed E-state index contributed by atoms with van der Waals surface area (Å²) < 4.78 is 0. The number of nitrogens with one attached hydrogen (secondary N) is 1. The third kappa shape index (κ3) is 4.08. The van der Waals surface area contributed by atoms with Crippen LogP contribution in [0.4, 0.5) is 5.69 Å². The van der Waals surface area contributed by atoms with Crippen molar-refractivity contribution in [3.63, 3.8) is 0 Å². The highest BCUT2D eigenvalue weighted by Crippen LogP contribution is 2.18. The summed E-state index contributed by atoms with van der Waals surface area (Å²) in [5.41, 5.74) is 6.18. The third-order valence-electron chi connectivity index (χ3n) is 2.61. The standard InChI is InChI=1S/C13H15N3O3/c1-3-5-12(14)13(17)15-9(2)10-6-4-7-11(8-10)16(18)19/h1,4,6-9,12H,5,14H2,2H3,(H,15,17). The summed E-state index contributed by atoms with van der Waals surface area (Å²) in [6.07, 6.45) is 5.22. The molecule has 0 aliphatic carbocycles. The predicted octanol–water partition coefficient (Wildman–Crippen LogP) is 1.12. The Hall–Kier alpha value is -2.39. The van der Waals surface area contributed by atoms with E-state index in [4.69, 9.17) is 12.2 Å². The van der Waals surface area contributed by atoms with E-state index in [1.807, 2.05) is 0 Å². The summed E-state index contributed by atoms with van der Waals surface area (Å²) in [6, 6.07) is 4.92. The summed E-state index contributed by atoms with van der Waals surface area (Å²) in [5.74, 6) is 1.93. The molecule has 0 spiro atoms. The minimum atomic E-state index is -0.772. The molecule has 0 bridgehead atoms. The molecule has 0 aliphatic rings. The zero-order valence-corrected chi connectivity index (χ0v) is 10.5. The van der Waals surface area contributed by atoms with Crippen LogP contribution in [0.15, 0.2) is 24.3 Å². The molecule has 2 atom stereocenters. The topological polar surface area (TPSA) is 98.3 Å². The molecule has 1 aromatic rings. The number of hydrogen-bond donors (Lipinski definition) is 2. The monoisotopic (exact) mass is 261 g/mol. The molecular formula is C13H15N3O3. The van der Waals surface area contributed by atoms with E-state index in [2.05, 4.69) is 11.2 Å². The van der Waals surface area contributed by atoms with Crippen LogP contribution in [0.1, 0.15) is 24.9 Å². The molecule has 19 heavy (non-hydrogen) atoms. The summed E-state index contributed by atoms with van der Waals surface area (Å²) in [5, 5.41) is 13.3. The molecule has 6 heteroatoms. The summed E-state index contributed by atoms with van der Waals surface area (Å²) in [7, 11) is 0. The Morgan fingerprint density at radius 1 is 1.63 bits per heavy atom. The number of nitro groups is 1. The number of carbonyl (C=O) groups excluding carboxylic acids is 1. The van der Waals surface area contributed by atoms with E-state index < -0.39 is 11.0 Å². The van der Waals surface area contributed by atoms with Gasteiger partial charge in [0.1, 0.15) is 0 Å². The average Bonchev–Trinajstić information content (AvgIpc) is 2.39. The first-order valence-corrected chi connectivity index (χ1v) is 5.69. The number of rotatable bonds is 5. The third-order valence-corrected chi connectivity index (χ3v) is 2.61. The van der Waals surface area contributed by atoms with Gasteiger partial charge in [0.15, 0.2) is 0 Å². The first-order valence-electron chi connectivity index (χ1n) is 5.69. The lowest BCUT2D eigenvalue weighted by atomic mass is 10.1. The molecule has 2 unspecified atom stereocenters. The second-order valence-electron chi connectivity index (χ2n) is 4.10. The zero-order valence-electron chi connectivity index (χ0n) is 10.5. The van der Waals surface area contributed by atoms with Crippen molar-refractivity contribution in [2.45, 2.75) is 25.4 Å². The van der Waals surface area contributed by atoms with Crippen LogP contribution in [0, 0.1) is 22.5 Å². The van der Waals surface area contributed by atoms with Crippen molar-refractivity contribution >= 4 is 11.6 Å². The maximum atomic E-state index is 11.7. The molecule has 1 rings (SSSR count). The van der Waals surface area contributed by atoms with Crippen molar-refractivity contribution in [3.8, 4) is 12.3 Å². The number of carbonyl (C=O) groups is 1. The fourth-order valence-corrected chi connectivity index (χ4v) is 1.53. The lowest BCUT2D eigenvalue weighted by Crippen LogP contribution is -2.41. The minimum absolute atomic E-state index is 0.0217. The van der Waals surface area contributed by atoms with E-state index in [9.17, 15) is 14.9 Å². The SMILES string of the molecule is C#CCC(N)C(=O)NC(C)c1cccc([N+](=O)[O-])c1. The van der Waals surface area contributed by atoms with Gasteiger partial charge < -0.3 is 11.1 Å². The van der Waals surface area contributed by atoms with Crippen molar-refractivity contribution < 1.29 is 9.72 Å². The van der Waals surface area contributed by atoms with Crippen LogP contribution in [0.25, 0.3) is 0 Å². The number of amides is 1. The van der Waals surface area contributed by atoms with E-state index in [0.29, 0.717) is 5.56 Å². The lowest BCUT2D eigenvalue weighted by molar-refractivity contribution is -0.384. The Morgan fingerprint density at radius 2 is 2.32 bits per heavy atom. The van der Waals surface area contributed by atoms with Gasteiger partial charge in [-0.1, -0.05) is 12.1 Å². The maximum Gasteiger partial charge on any atom is 0.269 e. The molecular weight excluding hydrogens is 246 g/mol. The highest BCUT2D eigenvalue weighted by Gasteiger charge is 2.17. The molecule has 0 heterocycles. The molecule has 0 saturated carbocycles. The Morgan fingerprint density at radius 3 is 2.89 bits per heavy atom. The van der Waals surface area contributed by atoms with Crippen LogP contribution in [0.3, 0.4) is 0 Å². The normalized spacial score (nSPS) is 13.1. The van der Waals surface area contributed by atoms with E-state index in [1.165, 1.54) is 12.1 Å². The van der Waals surface area contributed by atoms with Gasteiger partial charge in [-0.3, -0.25) is 14.9 Å². The minimum Gasteiger partial charge on any atom is -0.348 e. The molecule has 1 aromatic carbocycles. The fraction of sp³-hybridized carbons (Fsp3) is 0.308. The fourth-order valence-electron chi connectivity index (χ4n) is 1.53. The quantitative estimate of drug-likeness (QED) is 0.471. The maximum absolute atomic E-state index is 11.7. The number of nitrogens with zero attached hydrogens (tertiary/aromatic N) is 1. The van der Waals surface area contributed by atoms with Gasteiger partial charge in [0, 0.05) is 18.6 Å². The zero-order chi connectivity index (χ0) is 14.4.